The van der Waals surface area contributed by atoms with Crippen LogP contribution in [-0.2, 0) is 4.79 Å². The molecule has 0 aliphatic carbocycles. The third kappa shape index (κ3) is 4.81. The molecule has 2 aliphatic rings. The number of nitrogens with zero attached hydrogens (tertiary/aromatic N) is 4. The topological polar surface area (TPSA) is 39.7 Å². The summed E-state index contributed by atoms with van der Waals surface area (Å²) in [6, 6.07) is 12.6. The largest absolute Gasteiger partial charge is 0.363 e. The summed E-state index contributed by atoms with van der Waals surface area (Å²) < 4.78 is 0. The van der Waals surface area contributed by atoms with Gasteiger partial charge in [0.05, 0.1) is 11.7 Å². The van der Waals surface area contributed by atoms with Gasteiger partial charge in [0, 0.05) is 49.6 Å². The lowest BCUT2D eigenvalue weighted by Gasteiger charge is -2.38. The van der Waals surface area contributed by atoms with E-state index < -0.39 is 0 Å². The van der Waals surface area contributed by atoms with Gasteiger partial charge in [-0.1, -0.05) is 18.6 Å². The highest BCUT2D eigenvalue weighted by Crippen LogP contribution is 2.42. The van der Waals surface area contributed by atoms with Crippen LogP contribution in [0.15, 0.2) is 47.5 Å². The number of thioether (sulfide) groups is 1. The predicted octanol–water partition coefficient (Wildman–Crippen LogP) is 3.86. The number of carbonyl (C=O) groups excluding carboxylic acids is 1. The molecular formula is C24H32N4OS. The Morgan fingerprint density at radius 2 is 1.93 bits per heavy atom. The Balaban J connectivity index is 1.21. The molecule has 0 amide bonds. The number of piperazine rings is 1. The molecule has 5 nitrogen and oxygen atoms in total. The third-order valence-corrected chi connectivity index (χ3v) is 7.72. The number of benzene rings is 1. The Morgan fingerprint density at radius 1 is 1.13 bits per heavy atom. The van der Waals surface area contributed by atoms with Crippen molar-refractivity contribution in [2.75, 3.05) is 49.6 Å². The molecule has 1 aromatic heterocycles. The maximum atomic E-state index is 11.8. The molecule has 4 rings (SSSR count). The molecule has 0 saturated carbocycles. The molecule has 0 bridgehead atoms. The Labute approximate surface area is 184 Å². The van der Waals surface area contributed by atoms with Gasteiger partial charge in [0.15, 0.2) is 0 Å². The van der Waals surface area contributed by atoms with Crippen molar-refractivity contribution in [3.05, 3.63) is 48.2 Å². The number of anilines is 2. The van der Waals surface area contributed by atoms with Gasteiger partial charge in [-0.05, 0) is 56.1 Å². The van der Waals surface area contributed by atoms with E-state index in [2.05, 4.69) is 56.9 Å². The van der Waals surface area contributed by atoms with Crippen molar-refractivity contribution >= 4 is 29.6 Å². The summed E-state index contributed by atoms with van der Waals surface area (Å²) in [4.78, 5) is 24.7. The summed E-state index contributed by atoms with van der Waals surface area (Å²) in [5.41, 5.74) is 2.45. The first kappa shape index (κ1) is 21.2. The van der Waals surface area contributed by atoms with E-state index >= 15 is 0 Å². The van der Waals surface area contributed by atoms with E-state index in [1.807, 2.05) is 31.1 Å². The first-order valence-electron chi connectivity index (χ1n) is 11.0. The monoisotopic (exact) mass is 424 g/mol. The number of aryl methyl sites for hydroxylation is 1. The normalized spacial score (nSPS) is 22.1. The van der Waals surface area contributed by atoms with Gasteiger partial charge in [0.2, 0.25) is 0 Å². The second-order valence-electron chi connectivity index (χ2n) is 8.38. The first-order valence-corrected chi connectivity index (χ1v) is 11.9. The Hall–Kier alpha value is -2.05. The number of pyridine rings is 1. The number of likely N-dealkylation sites (N-methyl/N-ethyl adjacent to an activating group) is 1. The molecule has 0 N–H and O–H groups in total. The zero-order chi connectivity index (χ0) is 20.9. The number of rotatable bonds is 7. The number of carbonyl (C=O) groups is 1. The van der Waals surface area contributed by atoms with Gasteiger partial charge in [-0.3, -0.25) is 4.90 Å². The van der Waals surface area contributed by atoms with Crippen LogP contribution < -0.4 is 9.80 Å². The van der Waals surface area contributed by atoms with E-state index in [1.165, 1.54) is 22.6 Å². The lowest BCUT2D eigenvalue weighted by molar-refractivity contribution is -0.109. The molecule has 1 fully saturated rings. The fourth-order valence-electron chi connectivity index (χ4n) is 4.47. The van der Waals surface area contributed by atoms with Gasteiger partial charge in [-0.25, -0.2) is 4.98 Å². The highest BCUT2D eigenvalue weighted by atomic mass is 32.2. The van der Waals surface area contributed by atoms with Crippen LogP contribution in [0.4, 0.5) is 11.5 Å². The number of fused-ring (bicyclic) bond motifs is 1. The number of aldehydes is 1. The quantitative estimate of drug-likeness (QED) is 0.497. The Bertz CT molecular complexity index is 853. The van der Waals surface area contributed by atoms with Crippen LogP contribution in [0.1, 0.15) is 24.8 Å². The number of aromatic nitrogens is 1. The maximum Gasteiger partial charge on any atom is 0.143 e. The molecule has 2 aromatic rings. The second-order valence-corrected chi connectivity index (χ2v) is 9.66. The molecule has 1 saturated heterocycles. The summed E-state index contributed by atoms with van der Waals surface area (Å²) in [5, 5.41) is 0.339. The van der Waals surface area contributed by atoms with Gasteiger partial charge in [-0.2, -0.15) is 0 Å². The molecule has 160 valence electrons. The van der Waals surface area contributed by atoms with Crippen molar-refractivity contribution in [3.8, 4) is 0 Å². The SMILES string of the molecule is Cc1ccnc(N2CCN(CCCCC3Sc4ccccc4N(C)C3C=O)CC2)c1. The van der Waals surface area contributed by atoms with Crippen LogP contribution in [0.2, 0.25) is 0 Å². The summed E-state index contributed by atoms with van der Waals surface area (Å²) in [7, 11) is 2.05. The van der Waals surface area contributed by atoms with Crippen molar-refractivity contribution in [1.29, 1.82) is 0 Å². The number of hydrogen-bond donors (Lipinski definition) is 0. The fraction of sp³-hybridized carbons (Fsp3) is 0.500. The highest BCUT2D eigenvalue weighted by molar-refractivity contribution is 8.00. The summed E-state index contributed by atoms with van der Waals surface area (Å²) in [6.07, 6.45) is 6.48. The van der Waals surface area contributed by atoms with Gasteiger partial charge in [-0.15, -0.1) is 11.8 Å². The lowest BCUT2D eigenvalue weighted by atomic mass is 10.1. The van der Waals surface area contributed by atoms with E-state index in [0.29, 0.717) is 5.25 Å². The molecule has 2 unspecified atom stereocenters. The molecule has 6 heteroatoms. The van der Waals surface area contributed by atoms with Gasteiger partial charge in [0.25, 0.3) is 0 Å². The van der Waals surface area contributed by atoms with E-state index in [4.69, 9.17) is 0 Å². The summed E-state index contributed by atoms with van der Waals surface area (Å²) in [6.45, 7) is 7.55. The molecular weight excluding hydrogens is 392 g/mol. The summed E-state index contributed by atoms with van der Waals surface area (Å²) >= 11 is 1.88. The van der Waals surface area contributed by atoms with Gasteiger partial charge < -0.3 is 14.6 Å². The minimum atomic E-state index is -0.0322. The van der Waals surface area contributed by atoms with E-state index in [1.54, 1.807) is 0 Å². The molecule has 2 aliphatic heterocycles. The zero-order valence-corrected chi connectivity index (χ0v) is 18.9. The minimum absolute atomic E-state index is 0.0322. The van der Waals surface area contributed by atoms with Crippen molar-refractivity contribution in [1.82, 2.24) is 9.88 Å². The number of unbranched alkanes of at least 4 members (excludes halogenated alkanes) is 1. The summed E-state index contributed by atoms with van der Waals surface area (Å²) in [5.74, 6) is 1.10. The average Bonchev–Trinajstić information content (AvgIpc) is 2.77. The van der Waals surface area contributed by atoms with Crippen LogP contribution >= 0.6 is 11.8 Å². The molecule has 1 aromatic carbocycles. The lowest BCUT2D eigenvalue weighted by Crippen LogP contribution is -2.47. The predicted molar refractivity (Wildman–Crippen MR) is 126 cm³/mol. The van der Waals surface area contributed by atoms with Crippen LogP contribution in [0.3, 0.4) is 0 Å². The van der Waals surface area contributed by atoms with Gasteiger partial charge in [0.1, 0.15) is 12.1 Å². The number of para-hydroxylation sites is 1. The van der Waals surface area contributed by atoms with E-state index in [9.17, 15) is 4.79 Å². The molecule has 0 radical (unpaired) electrons. The molecule has 2 atom stereocenters. The van der Waals surface area contributed by atoms with Gasteiger partial charge >= 0.3 is 0 Å². The molecule has 3 heterocycles. The van der Waals surface area contributed by atoms with Crippen LogP contribution in [-0.4, -0.2) is 67.2 Å². The maximum absolute atomic E-state index is 11.8. The van der Waals surface area contributed by atoms with Crippen LogP contribution in [0, 0.1) is 6.92 Å². The minimum Gasteiger partial charge on any atom is -0.363 e. The van der Waals surface area contributed by atoms with Crippen molar-refractivity contribution in [3.63, 3.8) is 0 Å². The highest BCUT2D eigenvalue weighted by Gasteiger charge is 2.32. The van der Waals surface area contributed by atoms with Crippen LogP contribution in [0.25, 0.3) is 0 Å². The smallest absolute Gasteiger partial charge is 0.143 e. The third-order valence-electron chi connectivity index (χ3n) is 6.30. The molecule has 0 spiro atoms. The zero-order valence-electron chi connectivity index (χ0n) is 18.0. The standard InChI is InChI=1S/C24H32N4OS/c1-19-10-11-25-24(17-19)28-15-13-27(14-16-28)12-6-5-9-23-21(18-29)26(2)20-7-3-4-8-22(20)30-23/h3-4,7-8,10-11,17-18,21,23H,5-6,9,12-16H2,1-2H3. The molecule has 30 heavy (non-hydrogen) atoms. The Morgan fingerprint density at radius 3 is 2.70 bits per heavy atom. The average molecular weight is 425 g/mol. The van der Waals surface area contributed by atoms with Crippen molar-refractivity contribution in [2.24, 2.45) is 0 Å². The van der Waals surface area contributed by atoms with Crippen LogP contribution in [0.5, 0.6) is 0 Å². The first-order chi connectivity index (χ1) is 14.7. The number of hydrogen-bond acceptors (Lipinski definition) is 6. The van der Waals surface area contributed by atoms with Crippen molar-refractivity contribution < 1.29 is 4.79 Å². The second kappa shape index (κ2) is 9.84. The Kier molecular flexibility index (Phi) is 6.95. The van der Waals surface area contributed by atoms with E-state index in [-0.39, 0.29) is 6.04 Å². The van der Waals surface area contributed by atoms with E-state index in [0.717, 1.165) is 57.7 Å². The van der Waals surface area contributed by atoms with Crippen molar-refractivity contribution in [2.45, 2.75) is 42.4 Å². The fourth-order valence-corrected chi connectivity index (χ4v) is 5.96.